The molecule has 0 aromatic rings. The number of hydrogen-bond donors (Lipinski definition) is 1. The third kappa shape index (κ3) is 2.05. The molecule has 10 heavy (non-hydrogen) atoms. The van der Waals surface area contributed by atoms with E-state index >= 15 is 0 Å². The Morgan fingerprint density at radius 2 is 2.70 bits per heavy atom. The zero-order valence-electron chi connectivity index (χ0n) is 5.44. The SMILES string of the molecule is CC1N=CC(OP=S)=CN1. The Bertz CT molecular complexity index is 192. The van der Waals surface area contributed by atoms with Crippen LogP contribution in [-0.4, -0.2) is 12.4 Å². The van der Waals surface area contributed by atoms with Crippen LogP contribution in [-0.2, 0) is 16.3 Å². The van der Waals surface area contributed by atoms with Gasteiger partial charge in [0.15, 0.2) is 5.76 Å². The van der Waals surface area contributed by atoms with Gasteiger partial charge < -0.3 is 9.84 Å². The van der Waals surface area contributed by atoms with Crippen molar-refractivity contribution < 1.29 is 4.52 Å². The highest BCUT2D eigenvalue weighted by atomic mass is 32.4. The Kier molecular flexibility index (Phi) is 2.78. The van der Waals surface area contributed by atoms with Crippen molar-refractivity contribution >= 4 is 25.6 Å². The van der Waals surface area contributed by atoms with Crippen LogP contribution in [0.2, 0.25) is 0 Å². The summed E-state index contributed by atoms with van der Waals surface area (Å²) in [5.41, 5.74) is 0. The Hall–Kier alpha value is -0.470. The second-order valence-corrected chi connectivity index (χ2v) is 2.61. The second kappa shape index (κ2) is 3.64. The maximum absolute atomic E-state index is 4.97. The molecule has 0 spiro atoms. The van der Waals surface area contributed by atoms with Crippen LogP contribution in [0, 0.1) is 0 Å². The fourth-order valence-electron chi connectivity index (χ4n) is 0.561. The zero-order valence-corrected chi connectivity index (χ0v) is 7.15. The first-order valence-electron chi connectivity index (χ1n) is 2.82. The molecule has 1 heterocycles. The van der Waals surface area contributed by atoms with Crippen molar-refractivity contribution in [1.29, 1.82) is 0 Å². The predicted molar refractivity (Wildman–Crippen MR) is 44.5 cm³/mol. The molecular formula is C5H7N2OPS. The van der Waals surface area contributed by atoms with E-state index in [1.54, 1.807) is 12.4 Å². The maximum Gasteiger partial charge on any atom is 0.205 e. The third-order valence-electron chi connectivity index (χ3n) is 1.03. The van der Waals surface area contributed by atoms with Crippen LogP contribution in [0.3, 0.4) is 0 Å². The normalized spacial score (nSPS) is 23.7. The summed E-state index contributed by atoms with van der Waals surface area (Å²) in [6, 6.07) is 0. The van der Waals surface area contributed by atoms with Gasteiger partial charge in [0, 0.05) is 6.20 Å². The standard InChI is InChI=1S/C5H7N2OPS/c1-4-6-2-5(3-7-4)8-9-10/h2-4,6H,1H3. The molecule has 1 aliphatic heterocycles. The van der Waals surface area contributed by atoms with E-state index in [9.17, 15) is 0 Å². The molecule has 54 valence electrons. The topological polar surface area (TPSA) is 33.6 Å². The number of hydrogen-bond acceptors (Lipinski definition) is 4. The van der Waals surface area contributed by atoms with Crippen molar-refractivity contribution in [2.45, 2.75) is 13.1 Å². The Balaban J connectivity index is 2.49. The van der Waals surface area contributed by atoms with Gasteiger partial charge in [-0.15, -0.1) is 0 Å². The summed E-state index contributed by atoms with van der Waals surface area (Å²) in [5.74, 6) is 0.690. The van der Waals surface area contributed by atoms with E-state index in [-0.39, 0.29) is 6.17 Å². The lowest BCUT2D eigenvalue weighted by Crippen LogP contribution is -2.22. The summed E-state index contributed by atoms with van der Waals surface area (Å²) >= 11 is 4.58. The van der Waals surface area contributed by atoms with Crippen molar-refractivity contribution in [2.75, 3.05) is 0 Å². The molecule has 0 saturated heterocycles. The molecule has 1 unspecified atom stereocenters. The predicted octanol–water partition coefficient (Wildman–Crippen LogP) is 1.19. The molecule has 0 fully saturated rings. The van der Waals surface area contributed by atoms with Gasteiger partial charge in [0.05, 0.1) is 6.21 Å². The van der Waals surface area contributed by atoms with Crippen molar-refractivity contribution in [3.8, 4) is 0 Å². The van der Waals surface area contributed by atoms with Crippen LogP contribution < -0.4 is 5.32 Å². The minimum atomic E-state index is 0.147. The number of nitrogens with one attached hydrogen (secondary N) is 1. The highest BCUT2D eigenvalue weighted by Gasteiger charge is 2.01. The van der Waals surface area contributed by atoms with E-state index in [1.807, 2.05) is 6.92 Å². The Morgan fingerprint density at radius 3 is 3.20 bits per heavy atom. The third-order valence-corrected chi connectivity index (χ3v) is 1.54. The molecule has 5 heteroatoms. The van der Waals surface area contributed by atoms with Gasteiger partial charge in [0.1, 0.15) is 6.17 Å². The molecule has 0 saturated carbocycles. The molecule has 0 bridgehead atoms. The van der Waals surface area contributed by atoms with E-state index in [4.69, 9.17) is 4.52 Å². The molecule has 0 aromatic heterocycles. The molecule has 1 rings (SSSR count). The van der Waals surface area contributed by atoms with Gasteiger partial charge >= 0.3 is 0 Å². The average molecular weight is 174 g/mol. The summed E-state index contributed by atoms with van der Waals surface area (Å²) in [7, 11) is 0.479. The van der Waals surface area contributed by atoms with Crippen molar-refractivity contribution in [3.05, 3.63) is 12.0 Å². The van der Waals surface area contributed by atoms with Gasteiger partial charge in [0.2, 0.25) is 7.58 Å². The molecule has 3 nitrogen and oxygen atoms in total. The summed E-state index contributed by atoms with van der Waals surface area (Å²) in [5, 5.41) is 2.98. The number of nitrogens with zero attached hydrogens (tertiary/aromatic N) is 1. The number of aliphatic imine (C=N–C) groups is 1. The van der Waals surface area contributed by atoms with Crippen molar-refractivity contribution in [3.63, 3.8) is 0 Å². The van der Waals surface area contributed by atoms with Gasteiger partial charge in [-0.2, -0.15) is 0 Å². The lowest BCUT2D eigenvalue weighted by molar-refractivity contribution is 0.510. The Labute approximate surface area is 66.1 Å². The van der Waals surface area contributed by atoms with Crippen LogP contribution in [0.5, 0.6) is 0 Å². The largest absolute Gasteiger partial charge is 0.425 e. The van der Waals surface area contributed by atoms with Crippen molar-refractivity contribution in [1.82, 2.24) is 5.32 Å². The van der Waals surface area contributed by atoms with E-state index in [1.165, 1.54) is 0 Å². The molecular weight excluding hydrogens is 167 g/mol. The molecule has 0 aliphatic carbocycles. The Morgan fingerprint density at radius 1 is 1.90 bits per heavy atom. The fourth-order valence-corrected chi connectivity index (χ4v) is 1.01. The molecule has 1 aliphatic rings. The van der Waals surface area contributed by atoms with Crippen LogP contribution in [0.15, 0.2) is 17.0 Å². The minimum absolute atomic E-state index is 0.147. The number of rotatable bonds is 2. The van der Waals surface area contributed by atoms with Gasteiger partial charge in [-0.05, 0) is 18.7 Å². The average Bonchev–Trinajstić information content (AvgIpc) is 1.95. The van der Waals surface area contributed by atoms with Gasteiger partial charge in [0.25, 0.3) is 0 Å². The second-order valence-electron chi connectivity index (χ2n) is 1.83. The fraction of sp³-hybridized carbons (Fsp3) is 0.400. The summed E-state index contributed by atoms with van der Waals surface area (Å²) < 4.78 is 4.97. The van der Waals surface area contributed by atoms with E-state index in [0.29, 0.717) is 13.3 Å². The molecule has 0 radical (unpaired) electrons. The van der Waals surface area contributed by atoms with Crippen LogP contribution in [0.25, 0.3) is 0 Å². The van der Waals surface area contributed by atoms with Gasteiger partial charge in [-0.25, -0.2) is 0 Å². The summed E-state index contributed by atoms with van der Waals surface area (Å²) in [4.78, 5) is 4.05. The van der Waals surface area contributed by atoms with E-state index in [0.717, 1.165) is 0 Å². The zero-order chi connectivity index (χ0) is 7.40. The monoisotopic (exact) mass is 174 g/mol. The smallest absolute Gasteiger partial charge is 0.205 e. The van der Waals surface area contributed by atoms with Gasteiger partial charge in [-0.1, -0.05) is 0 Å². The molecule has 1 N–H and O–H groups in total. The first kappa shape index (κ1) is 7.63. The van der Waals surface area contributed by atoms with Crippen LogP contribution in [0.4, 0.5) is 0 Å². The molecule has 0 amide bonds. The quantitative estimate of drug-likeness (QED) is 0.638. The summed E-state index contributed by atoms with van der Waals surface area (Å²) in [6.45, 7) is 1.95. The highest BCUT2D eigenvalue weighted by molar-refractivity contribution is 7.94. The number of allylic oxidation sites excluding steroid dienone is 1. The van der Waals surface area contributed by atoms with Crippen LogP contribution >= 0.6 is 7.58 Å². The van der Waals surface area contributed by atoms with Crippen LogP contribution in [0.1, 0.15) is 6.92 Å². The minimum Gasteiger partial charge on any atom is -0.425 e. The molecule has 0 aromatic carbocycles. The summed E-state index contributed by atoms with van der Waals surface area (Å²) in [6.07, 6.45) is 3.58. The van der Waals surface area contributed by atoms with Crippen molar-refractivity contribution in [2.24, 2.45) is 4.99 Å². The lowest BCUT2D eigenvalue weighted by Gasteiger charge is -2.11. The van der Waals surface area contributed by atoms with Gasteiger partial charge in [-0.3, -0.25) is 4.99 Å². The van der Waals surface area contributed by atoms with E-state index in [2.05, 4.69) is 22.1 Å². The molecule has 1 atom stereocenters. The van der Waals surface area contributed by atoms with E-state index < -0.39 is 0 Å². The maximum atomic E-state index is 4.97. The first-order valence-corrected chi connectivity index (χ1v) is 4.64. The lowest BCUT2D eigenvalue weighted by atomic mass is 10.4. The first-order chi connectivity index (χ1) is 4.83. The highest BCUT2D eigenvalue weighted by Crippen LogP contribution is 2.07.